The molecule has 8 heteroatoms. The van der Waals surface area contributed by atoms with Crippen LogP contribution in [0.3, 0.4) is 0 Å². The third-order valence-corrected chi connectivity index (χ3v) is 7.42. The lowest BCUT2D eigenvalue weighted by molar-refractivity contribution is 0.253. The number of likely N-dealkylation sites (tertiary alicyclic amines) is 1. The van der Waals surface area contributed by atoms with Gasteiger partial charge in [0.2, 0.25) is 0 Å². The summed E-state index contributed by atoms with van der Waals surface area (Å²) in [6.07, 6.45) is 3.88. The summed E-state index contributed by atoms with van der Waals surface area (Å²) in [6.45, 7) is 7.23. The molecule has 5 rings (SSSR count). The molecule has 3 aromatic rings. The van der Waals surface area contributed by atoms with Gasteiger partial charge in [-0.25, -0.2) is 18.7 Å². The molecule has 0 bridgehead atoms. The molecule has 1 fully saturated rings. The second-order valence-electron chi connectivity index (χ2n) is 10.3. The SMILES string of the molecule is COc1cnc(Cc2ccc(C3CCN(C)CC3)c(F)c2)nc1-c1cc(F)c2c(c1)N(C(C)C)CCO2. The largest absolute Gasteiger partial charge is 0.493 e. The lowest BCUT2D eigenvalue weighted by atomic mass is 9.88. The number of hydrogen-bond donors (Lipinski definition) is 0. The number of nitrogens with zero attached hydrogens (tertiary/aromatic N) is 4. The fraction of sp³-hybridized carbons (Fsp3) is 0.448. The minimum Gasteiger partial charge on any atom is -0.493 e. The third kappa shape index (κ3) is 5.25. The van der Waals surface area contributed by atoms with Crippen molar-refractivity contribution < 1.29 is 18.3 Å². The molecule has 2 aromatic carbocycles. The van der Waals surface area contributed by atoms with Gasteiger partial charge in [0.25, 0.3) is 0 Å². The number of rotatable bonds is 6. The first kappa shape index (κ1) is 25.4. The highest BCUT2D eigenvalue weighted by atomic mass is 19.1. The van der Waals surface area contributed by atoms with Crippen molar-refractivity contribution in [2.24, 2.45) is 0 Å². The molecular formula is C29H34F2N4O2. The van der Waals surface area contributed by atoms with Gasteiger partial charge in [-0.05, 0) is 82.1 Å². The van der Waals surface area contributed by atoms with Crippen LogP contribution in [0.1, 0.15) is 49.6 Å². The molecule has 1 aromatic heterocycles. The summed E-state index contributed by atoms with van der Waals surface area (Å²) in [7, 11) is 3.64. The summed E-state index contributed by atoms with van der Waals surface area (Å²) in [5, 5.41) is 0. The quantitative estimate of drug-likeness (QED) is 0.442. The van der Waals surface area contributed by atoms with Crippen LogP contribution < -0.4 is 14.4 Å². The molecule has 0 spiro atoms. The van der Waals surface area contributed by atoms with Crippen LogP contribution in [0.2, 0.25) is 0 Å². The zero-order chi connectivity index (χ0) is 26.1. The van der Waals surface area contributed by atoms with E-state index in [1.54, 1.807) is 12.3 Å². The highest BCUT2D eigenvalue weighted by Gasteiger charge is 2.26. The van der Waals surface area contributed by atoms with Crippen molar-refractivity contribution in [3.05, 3.63) is 65.1 Å². The van der Waals surface area contributed by atoms with Gasteiger partial charge in [0.05, 0.1) is 25.5 Å². The lowest BCUT2D eigenvalue weighted by Crippen LogP contribution is -2.38. The Morgan fingerprint density at radius 3 is 2.57 bits per heavy atom. The summed E-state index contributed by atoms with van der Waals surface area (Å²) in [5.74, 6) is 0.856. The predicted molar refractivity (Wildman–Crippen MR) is 141 cm³/mol. The number of piperidine rings is 1. The molecule has 0 unspecified atom stereocenters. The van der Waals surface area contributed by atoms with E-state index < -0.39 is 5.82 Å². The van der Waals surface area contributed by atoms with Crippen LogP contribution in [-0.2, 0) is 6.42 Å². The molecule has 0 saturated carbocycles. The Balaban J connectivity index is 1.44. The van der Waals surface area contributed by atoms with E-state index in [1.165, 1.54) is 13.2 Å². The highest BCUT2D eigenvalue weighted by Crippen LogP contribution is 2.40. The fourth-order valence-electron chi connectivity index (χ4n) is 5.34. The number of hydrogen-bond acceptors (Lipinski definition) is 6. The second-order valence-corrected chi connectivity index (χ2v) is 10.3. The predicted octanol–water partition coefficient (Wildman–Crippen LogP) is 5.44. The van der Waals surface area contributed by atoms with E-state index >= 15 is 8.78 Å². The molecule has 0 aliphatic carbocycles. The maximum absolute atomic E-state index is 15.1. The molecule has 0 N–H and O–H groups in total. The Morgan fingerprint density at radius 1 is 1.08 bits per heavy atom. The van der Waals surface area contributed by atoms with Crippen molar-refractivity contribution >= 4 is 5.69 Å². The van der Waals surface area contributed by atoms with Crippen molar-refractivity contribution in [1.29, 1.82) is 0 Å². The molecule has 1 saturated heterocycles. The van der Waals surface area contributed by atoms with Gasteiger partial charge in [0.1, 0.15) is 23.9 Å². The Hall–Kier alpha value is -3.26. The van der Waals surface area contributed by atoms with Gasteiger partial charge >= 0.3 is 0 Å². The van der Waals surface area contributed by atoms with Gasteiger partial charge in [0.15, 0.2) is 17.3 Å². The van der Waals surface area contributed by atoms with Crippen molar-refractivity contribution in [2.75, 3.05) is 45.3 Å². The van der Waals surface area contributed by atoms with Crippen LogP contribution in [0.4, 0.5) is 14.5 Å². The maximum atomic E-state index is 15.1. The standard InChI is InChI=1S/C29H34F2N4O2/c1-18(2)35-11-12-37-29-24(31)15-21(16-25(29)35)28-26(36-4)17-32-27(33-28)14-19-5-6-22(23(30)13-19)20-7-9-34(3)10-8-20/h5-6,13,15-18,20H,7-12,14H2,1-4H3. The van der Waals surface area contributed by atoms with Crippen LogP contribution in [0.25, 0.3) is 11.3 Å². The number of benzene rings is 2. The minimum atomic E-state index is -0.438. The number of ether oxygens (including phenoxy) is 2. The smallest absolute Gasteiger partial charge is 0.178 e. The Kier molecular flexibility index (Phi) is 7.29. The highest BCUT2D eigenvalue weighted by molar-refractivity contribution is 5.75. The summed E-state index contributed by atoms with van der Waals surface area (Å²) in [5.41, 5.74) is 3.35. The first-order valence-corrected chi connectivity index (χ1v) is 12.9. The zero-order valence-corrected chi connectivity index (χ0v) is 21.9. The molecule has 0 atom stereocenters. The van der Waals surface area contributed by atoms with E-state index in [-0.39, 0.29) is 23.5 Å². The molecule has 196 valence electrons. The average molecular weight is 509 g/mol. The van der Waals surface area contributed by atoms with Crippen molar-refractivity contribution in [3.63, 3.8) is 0 Å². The van der Waals surface area contributed by atoms with Crippen molar-refractivity contribution in [3.8, 4) is 22.8 Å². The molecule has 3 heterocycles. The van der Waals surface area contributed by atoms with Crippen molar-refractivity contribution in [1.82, 2.24) is 14.9 Å². The molecule has 37 heavy (non-hydrogen) atoms. The third-order valence-electron chi connectivity index (χ3n) is 7.42. The number of anilines is 1. The van der Waals surface area contributed by atoms with E-state index in [1.807, 2.05) is 18.2 Å². The summed E-state index contributed by atoms with van der Waals surface area (Å²) in [6, 6.07) is 8.96. The Morgan fingerprint density at radius 2 is 1.86 bits per heavy atom. The molecule has 6 nitrogen and oxygen atoms in total. The van der Waals surface area contributed by atoms with E-state index in [9.17, 15) is 0 Å². The normalized spacial score (nSPS) is 16.6. The van der Waals surface area contributed by atoms with Gasteiger partial charge in [-0.3, -0.25) is 0 Å². The van der Waals surface area contributed by atoms with Gasteiger partial charge in [-0.15, -0.1) is 0 Å². The van der Waals surface area contributed by atoms with E-state index in [2.05, 4.69) is 35.7 Å². The average Bonchev–Trinajstić information content (AvgIpc) is 2.89. The van der Waals surface area contributed by atoms with Gasteiger partial charge in [0, 0.05) is 18.0 Å². The lowest BCUT2D eigenvalue weighted by Gasteiger charge is -2.34. The van der Waals surface area contributed by atoms with Gasteiger partial charge in [-0.2, -0.15) is 0 Å². The van der Waals surface area contributed by atoms with Crippen LogP contribution in [0.5, 0.6) is 11.5 Å². The molecule has 2 aliphatic heterocycles. The number of fused-ring (bicyclic) bond motifs is 1. The van der Waals surface area contributed by atoms with Crippen LogP contribution in [-0.4, -0.2) is 61.3 Å². The van der Waals surface area contributed by atoms with E-state index in [0.717, 1.165) is 37.1 Å². The topological polar surface area (TPSA) is 50.7 Å². The van der Waals surface area contributed by atoms with E-state index in [0.29, 0.717) is 48.1 Å². The Labute approximate surface area is 217 Å². The summed E-state index contributed by atoms with van der Waals surface area (Å²) in [4.78, 5) is 13.6. The monoisotopic (exact) mass is 508 g/mol. The summed E-state index contributed by atoms with van der Waals surface area (Å²) >= 11 is 0. The number of aromatic nitrogens is 2. The first-order valence-electron chi connectivity index (χ1n) is 12.9. The minimum absolute atomic E-state index is 0.175. The zero-order valence-electron chi connectivity index (χ0n) is 21.9. The number of halogens is 2. The maximum Gasteiger partial charge on any atom is 0.178 e. The fourth-order valence-corrected chi connectivity index (χ4v) is 5.34. The van der Waals surface area contributed by atoms with Crippen LogP contribution >= 0.6 is 0 Å². The van der Waals surface area contributed by atoms with Gasteiger partial charge in [-0.1, -0.05) is 12.1 Å². The Bertz CT molecular complexity index is 1280. The van der Waals surface area contributed by atoms with Gasteiger partial charge < -0.3 is 19.3 Å². The van der Waals surface area contributed by atoms with Crippen LogP contribution in [0.15, 0.2) is 36.5 Å². The summed E-state index contributed by atoms with van der Waals surface area (Å²) < 4.78 is 41.3. The molecule has 0 amide bonds. The van der Waals surface area contributed by atoms with E-state index in [4.69, 9.17) is 14.5 Å². The second kappa shape index (κ2) is 10.6. The molecule has 0 radical (unpaired) electrons. The van der Waals surface area contributed by atoms with Crippen LogP contribution in [0, 0.1) is 11.6 Å². The number of methoxy groups -OCH3 is 1. The van der Waals surface area contributed by atoms with Crippen molar-refractivity contribution in [2.45, 2.75) is 45.1 Å². The molecule has 2 aliphatic rings. The first-order chi connectivity index (χ1) is 17.8. The molecular weight excluding hydrogens is 474 g/mol.